The van der Waals surface area contributed by atoms with Crippen molar-refractivity contribution >= 4 is 16.8 Å². The first-order chi connectivity index (χ1) is 10.7. The van der Waals surface area contributed by atoms with Crippen LogP contribution in [0, 0.1) is 0 Å². The van der Waals surface area contributed by atoms with Crippen LogP contribution in [0.1, 0.15) is 28.9 Å². The monoisotopic (exact) mass is 294 g/mol. The van der Waals surface area contributed by atoms with E-state index in [9.17, 15) is 4.79 Å². The number of benzene rings is 2. The lowest BCUT2D eigenvalue weighted by Crippen LogP contribution is -2.26. The van der Waals surface area contributed by atoms with E-state index in [-0.39, 0.29) is 11.9 Å². The van der Waals surface area contributed by atoms with E-state index in [1.165, 1.54) is 0 Å². The Morgan fingerprint density at radius 1 is 1.14 bits per heavy atom. The smallest absolute Gasteiger partial charge is 0.251 e. The van der Waals surface area contributed by atoms with Gasteiger partial charge < -0.3 is 15.0 Å². The molecule has 0 saturated carbocycles. The van der Waals surface area contributed by atoms with Crippen molar-refractivity contribution in [3.8, 4) is 5.75 Å². The number of rotatable bonds is 4. The Balaban J connectivity index is 1.74. The first-order valence-electron chi connectivity index (χ1n) is 7.19. The van der Waals surface area contributed by atoms with E-state index in [1.807, 2.05) is 61.7 Å². The Morgan fingerprint density at radius 2 is 1.91 bits per heavy atom. The molecule has 1 amide bonds. The fourth-order valence-corrected chi connectivity index (χ4v) is 2.44. The third-order valence-electron chi connectivity index (χ3n) is 3.78. The molecule has 112 valence electrons. The van der Waals surface area contributed by atoms with Gasteiger partial charge in [0.15, 0.2) is 0 Å². The van der Waals surface area contributed by atoms with E-state index in [4.69, 9.17) is 4.74 Å². The molecule has 22 heavy (non-hydrogen) atoms. The molecule has 3 aromatic rings. The number of aromatic amines is 1. The van der Waals surface area contributed by atoms with Crippen LogP contribution < -0.4 is 10.1 Å². The van der Waals surface area contributed by atoms with Crippen LogP contribution in [-0.2, 0) is 0 Å². The third kappa shape index (κ3) is 2.81. The third-order valence-corrected chi connectivity index (χ3v) is 3.78. The van der Waals surface area contributed by atoms with E-state index in [0.717, 1.165) is 22.2 Å². The summed E-state index contributed by atoms with van der Waals surface area (Å²) in [6.07, 6.45) is 1.87. The highest BCUT2D eigenvalue weighted by Crippen LogP contribution is 2.19. The number of nitrogens with one attached hydrogen (secondary N) is 2. The van der Waals surface area contributed by atoms with Crippen LogP contribution in [0.4, 0.5) is 0 Å². The molecule has 0 aliphatic carbocycles. The van der Waals surface area contributed by atoms with Gasteiger partial charge in [-0.25, -0.2) is 0 Å². The van der Waals surface area contributed by atoms with Crippen molar-refractivity contribution in [2.24, 2.45) is 0 Å². The molecule has 0 aliphatic rings. The summed E-state index contributed by atoms with van der Waals surface area (Å²) in [6.45, 7) is 1.97. The fraction of sp³-hybridized carbons (Fsp3) is 0.167. The van der Waals surface area contributed by atoms with E-state index in [1.54, 1.807) is 7.11 Å². The lowest BCUT2D eigenvalue weighted by atomic mass is 10.1. The van der Waals surface area contributed by atoms with Gasteiger partial charge in [0, 0.05) is 17.3 Å². The molecule has 1 atom stereocenters. The topological polar surface area (TPSA) is 54.1 Å². The average molecular weight is 294 g/mol. The number of carbonyl (C=O) groups excluding carboxylic acids is 1. The Hall–Kier alpha value is -2.75. The highest BCUT2D eigenvalue weighted by Gasteiger charge is 2.12. The predicted molar refractivity (Wildman–Crippen MR) is 87.2 cm³/mol. The van der Waals surface area contributed by atoms with Crippen molar-refractivity contribution in [1.29, 1.82) is 0 Å². The second-order valence-corrected chi connectivity index (χ2v) is 5.25. The Bertz CT molecular complexity index is 790. The van der Waals surface area contributed by atoms with Gasteiger partial charge in [0.1, 0.15) is 5.75 Å². The second-order valence-electron chi connectivity index (χ2n) is 5.25. The maximum atomic E-state index is 12.4. The SMILES string of the molecule is COc1ccc(C(C)NC(=O)c2ccc3cc[nH]c3c2)cc1. The first-order valence-corrected chi connectivity index (χ1v) is 7.19. The lowest BCUT2D eigenvalue weighted by Gasteiger charge is -2.15. The zero-order chi connectivity index (χ0) is 15.5. The summed E-state index contributed by atoms with van der Waals surface area (Å²) in [7, 11) is 1.64. The van der Waals surface area contributed by atoms with Gasteiger partial charge in [-0.2, -0.15) is 0 Å². The Morgan fingerprint density at radius 3 is 2.64 bits per heavy atom. The zero-order valence-electron chi connectivity index (χ0n) is 12.6. The van der Waals surface area contributed by atoms with Gasteiger partial charge in [-0.3, -0.25) is 4.79 Å². The van der Waals surface area contributed by atoms with Gasteiger partial charge in [-0.1, -0.05) is 18.2 Å². The second kappa shape index (κ2) is 5.93. The van der Waals surface area contributed by atoms with Gasteiger partial charge in [0.25, 0.3) is 5.91 Å². The molecule has 0 fully saturated rings. The molecule has 1 heterocycles. The highest BCUT2D eigenvalue weighted by atomic mass is 16.5. The molecular weight excluding hydrogens is 276 g/mol. The number of fused-ring (bicyclic) bond motifs is 1. The Labute approximate surface area is 129 Å². The summed E-state index contributed by atoms with van der Waals surface area (Å²) in [6, 6.07) is 15.3. The van der Waals surface area contributed by atoms with Gasteiger partial charge in [0.05, 0.1) is 13.2 Å². The van der Waals surface area contributed by atoms with Crippen molar-refractivity contribution in [3.63, 3.8) is 0 Å². The summed E-state index contributed by atoms with van der Waals surface area (Å²) in [5.41, 5.74) is 2.65. The maximum absolute atomic E-state index is 12.4. The highest BCUT2D eigenvalue weighted by molar-refractivity contribution is 5.98. The van der Waals surface area contributed by atoms with Crippen molar-refractivity contribution in [3.05, 3.63) is 65.9 Å². The quantitative estimate of drug-likeness (QED) is 0.771. The maximum Gasteiger partial charge on any atom is 0.251 e. The normalized spacial score (nSPS) is 12.1. The number of carbonyl (C=O) groups is 1. The molecule has 0 radical (unpaired) electrons. The molecule has 0 saturated heterocycles. The van der Waals surface area contributed by atoms with Crippen LogP contribution in [-0.4, -0.2) is 18.0 Å². The number of ether oxygens (including phenoxy) is 1. The molecule has 0 bridgehead atoms. The number of amides is 1. The van der Waals surface area contributed by atoms with Crippen molar-refractivity contribution in [2.75, 3.05) is 7.11 Å². The number of H-pyrrole nitrogens is 1. The minimum Gasteiger partial charge on any atom is -0.497 e. The zero-order valence-corrected chi connectivity index (χ0v) is 12.6. The van der Waals surface area contributed by atoms with Crippen LogP contribution in [0.15, 0.2) is 54.7 Å². The van der Waals surface area contributed by atoms with Crippen LogP contribution in [0.2, 0.25) is 0 Å². The van der Waals surface area contributed by atoms with E-state index < -0.39 is 0 Å². The standard InChI is InChI=1S/C18H18N2O2/c1-12(13-5-7-16(22-2)8-6-13)20-18(21)15-4-3-14-9-10-19-17(14)11-15/h3-12,19H,1-2H3,(H,20,21). The summed E-state index contributed by atoms with van der Waals surface area (Å²) < 4.78 is 5.14. The van der Waals surface area contributed by atoms with Gasteiger partial charge in [-0.05, 0) is 48.2 Å². The minimum absolute atomic E-state index is 0.0715. The van der Waals surface area contributed by atoms with Gasteiger partial charge >= 0.3 is 0 Å². The van der Waals surface area contributed by atoms with Crippen LogP contribution >= 0.6 is 0 Å². The van der Waals surface area contributed by atoms with Crippen LogP contribution in [0.5, 0.6) is 5.75 Å². The Kier molecular flexibility index (Phi) is 3.83. The van der Waals surface area contributed by atoms with Crippen molar-refractivity contribution < 1.29 is 9.53 Å². The average Bonchev–Trinajstić information content (AvgIpc) is 3.02. The summed E-state index contributed by atoms with van der Waals surface area (Å²) in [4.78, 5) is 15.5. The molecule has 2 aromatic carbocycles. The molecule has 0 aliphatic heterocycles. The first kappa shape index (κ1) is 14.2. The largest absolute Gasteiger partial charge is 0.497 e. The van der Waals surface area contributed by atoms with Crippen LogP contribution in [0.3, 0.4) is 0 Å². The molecule has 1 unspecified atom stereocenters. The number of aromatic nitrogens is 1. The van der Waals surface area contributed by atoms with Crippen LogP contribution in [0.25, 0.3) is 10.9 Å². The molecule has 2 N–H and O–H groups in total. The fourth-order valence-electron chi connectivity index (χ4n) is 2.44. The minimum atomic E-state index is -0.0835. The lowest BCUT2D eigenvalue weighted by molar-refractivity contribution is 0.0940. The summed E-state index contributed by atoms with van der Waals surface area (Å²) in [5, 5.41) is 4.11. The predicted octanol–water partition coefficient (Wildman–Crippen LogP) is 3.67. The summed E-state index contributed by atoms with van der Waals surface area (Å²) >= 11 is 0. The van der Waals surface area contributed by atoms with Gasteiger partial charge in [-0.15, -0.1) is 0 Å². The van der Waals surface area contributed by atoms with Gasteiger partial charge in [0.2, 0.25) is 0 Å². The van der Waals surface area contributed by atoms with E-state index in [2.05, 4.69) is 10.3 Å². The van der Waals surface area contributed by atoms with E-state index in [0.29, 0.717) is 5.56 Å². The molecular formula is C18H18N2O2. The number of hydrogen-bond donors (Lipinski definition) is 2. The molecule has 4 heteroatoms. The molecule has 0 spiro atoms. The van der Waals surface area contributed by atoms with Crippen molar-refractivity contribution in [2.45, 2.75) is 13.0 Å². The number of hydrogen-bond acceptors (Lipinski definition) is 2. The molecule has 3 rings (SSSR count). The molecule has 1 aromatic heterocycles. The molecule has 4 nitrogen and oxygen atoms in total. The number of methoxy groups -OCH3 is 1. The van der Waals surface area contributed by atoms with E-state index >= 15 is 0 Å². The van der Waals surface area contributed by atoms with Crippen molar-refractivity contribution in [1.82, 2.24) is 10.3 Å². The summed E-state index contributed by atoms with van der Waals surface area (Å²) in [5.74, 6) is 0.722.